The zero-order valence-corrected chi connectivity index (χ0v) is 14.5. The van der Waals surface area contributed by atoms with E-state index in [1.807, 2.05) is 42.8 Å². The number of aliphatic imine (C=N–C) groups is 1. The molecule has 8 nitrogen and oxygen atoms in total. The van der Waals surface area contributed by atoms with Gasteiger partial charge in [-0.05, 0) is 19.1 Å². The predicted molar refractivity (Wildman–Crippen MR) is 92.3 cm³/mol. The van der Waals surface area contributed by atoms with Crippen molar-refractivity contribution >= 4 is 5.96 Å². The average molecular weight is 332 g/mol. The second-order valence-electron chi connectivity index (χ2n) is 5.27. The first-order valence-corrected chi connectivity index (χ1v) is 7.70. The number of hydrogen-bond donors (Lipinski definition) is 2. The van der Waals surface area contributed by atoms with Crippen LogP contribution in [0.3, 0.4) is 0 Å². The van der Waals surface area contributed by atoms with Crippen molar-refractivity contribution < 1.29 is 9.47 Å². The number of hydrogen-bond acceptors (Lipinski definition) is 5. The first-order chi connectivity index (χ1) is 11.6. The highest BCUT2D eigenvalue weighted by Crippen LogP contribution is 2.19. The monoisotopic (exact) mass is 332 g/mol. The molecule has 0 saturated heterocycles. The van der Waals surface area contributed by atoms with Crippen LogP contribution in [-0.4, -0.2) is 47.5 Å². The van der Waals surface area contributed by atoms with Crippen molar-refractivity contribution in [1.29, 1.82) is 0 Å². The third-order valence-corrected chi connectivity index (χ3v) is 3.38. The zero-order chi connectivity index (χ0) is 17.4. The van der Waals surface area contributed by atoms with Crippen LogP contribution in [0, 0.1) is 0 Å². The quantitative estimate of drug-likeness (QED) is 0.580. The van der Waals surface area contributed by atoms with Crippen molar-refractivity contribution in [2.24, 2.45) is 12.0 Å². The van der Waals surface area contributed by atoms with Crippen molar-refractivity contribution in [3.05, 3.63) is 36.4 Å². The van der Waals surface area contributed by atoms with Gasteiger partial charge >= 0.3 is 0 Å². The number of rotatable bonds is 7. The first kappa shape index (κ1) is 17.6. The molecule has 1 aromatic heterocycles. The number of aromatic nitrogens is 3. The first-order valence-electron chi connectivity index (χ1n) is 7.70. The molecular weight excluding hydrogens is 308 g/mol. The van der Waals surface area contributed by atoms with E-state index < -0.39 is 0 Å². The molecule has 0 spiro atoms. The molecule has 0 saturated carbocycles. The summed E-state index contributed by atoms with van der Waals surface area (Å²) in [5, 5.41) is 14.3. The Kier molecular flexibility index (Phi) is 6.41. The molecule has 8 heteroatoms. The van der Waals surface area contributed by atoms with E-state index in [1.165, 1.54) is 0 Å². The summed E-state index contributed by atoms with van der Waals surface area (Å²) in [6.45, 7) is 3.14. The Morgan fingerprint density at radius 1 is 1.33 bits per heavy atom. The maximum absolute atomic E-state index is 5.87. The topological polar surface area (TPSA) is 85.6 Å². The van der Waals surface area contributed by atoms with E-state index in [1.54, 1.807) is 20.5 Å². The molecule has 0 radical (unpaired) electrons. The van der Waals surface area contributed by atoms with Crippen LogP contribution in [0.2, 0.25) is 0 Å². The molecule has 2 aromatic rings. The molecule has 1 aromatic carbocycles. The Morgan fingerprint density at radius 3 is 2.79 bits per heavy atom. The van der Waals surface area contributed by atoms with Crippen molar-refractivity contribution in [1.82, 2.24) is 25.4 Å². The van der Waals surface area contributed by atoms with Gasteiger partial charge in [-0.2, -0.15) is 0 Å². The highest BCUT2D eigenvalue weighted by molar-refractivity contribution is 5.79. The van der Waals surface area contributed by atoms with Gasteiger partial charge in [-0.1, -0.05) is 6.07 Å². The van der Waals surface area contributed by atoms with Crippen LogP contribution in [-0.2, 0) is 13.6 Å². The van der Waals surface area contributed by atoms with Crippen LogP contribution in [0.5, 0.6) is 11.5 Å². The third kappa shape index (κ3) is 5.15. The van der Waals surface area contributed by atoms with Gasteiger partial charge in [0.05, 0.1) is 20.2 Å². The molecule has 2 N–H and O–H groups in total. The maximum atomic E-state index is 5.87. The van der Waals surface area contributed by atoms with Crippen molar-refractivity contribution in [2.75, 3.05) is 20.7 Å². The number of methoxy groups -OCH3 is 1. The lowest BCUT2D eigenvalue weighted by atomic mass is 10.3. The number of nitrogens with zero attached hydrogens (tertiary/aromatic N) is 4. The highest BCUT2D eigenvalue weighted by Gasteiger charge is 2.07. The molecule has 0 fully saturated rings. The molecule has 0 aliphatic carbocycles. The molecule has 2 rings (SSSR count). The largest absolute Gasteiger partial charge is 0.497 e. The van der Waals surface area contributed by atoms with Gasteiger partial charge in [0.1, 0.15) is 23.9 Å². The zero-order valence-electron chi connectivity index (χ0n) is 14.5. The Morgan fingerprint density at radius 2 is 2.12 bits per heavy atom. The summed E-state index contributed by atoms with van der Waals surface area (Å²) in [5.74, 6) is 3.05. The highest BCUT2D eigenvalue weighted by atomic mass is 16.5. The summed E-state index contributed by atoms with van der Waals surface area (Å²) in [4.78, 5) is 4.18. The van der Waals surface area contributed by atoms with Crippen LogP contribution < -0.4 is 20.1 Å². The summed E-state index contributed by atoms with van der Waals surface area (Å²) in [6, 6.07) is 7.54. The summed E-state index contributed by atoms with van der Waals surface area (Å²) < 4.78 is 12.9. The second-order valence-corrected chi connectivity index (χ2v) is 5.27. The fourth-order valence-corrected chi connectivity index (χ4v) is 2.04. The lowest BCUT2D eigenvalue weighted by molar-refractivity contribution is 0.223. The summed E-state index contributed by atoms with van der Waals surface area (Å²) >= 11 is 0. The fourth-order valence-electron chi connectivity index (χ4n) is 2.04. The van der Waals surface area contributed by atoms with E-state index in [4.69, 9.17) is 9.47 Å². The van der Waals surface area contributed by atoms with E-state index in [0.717, 1.165) is 17.3 Å². The van der Waals surface area contributed by atoms with Gasteiger partial charge in [0.15, 0.2) is 11.8 Å². The Balaban J connectivity index is 1.78. The van der Waals surface area contributed by atoms with Gasteiger partial charge in [-0.15, -0.1) is 10.2 Å². The number of aryl methyl sites for hydroxylation is 1. The minimum absolute atomic E-state index is 0.0366. The van der Waals surface area contributed by atoms with Crippen molar-refractivity contribution in [3.8, 4) is 11.5 Å². The van der Waals surface area contributed by atoms with Gasteiger partial charge in [-0.3, -0.25) is 4.99 Å². The van der Waals surface area contributed by atoms with Crippen LogP contribution in [0.4, 0.5) is 0 Å². The second kappa shape index (κ2) is 8.76. The Labute approximate surface area is 141 Å². The van der Waals surface area contributed by atoms with Crippen LogP contribution >= 0.6 is 0 Å². The lowest BCUT2D eigenvalue weighted by Crippen LogP contribution is -2.41. The van der Waals surface area contributed by atoms with Crippen molar-refractivity contribution in [2.45, 2.75) is 19.6 Å². The molecule has 1 atom stereocenters. The number of guanidine groups is 1. The van der Waals surface area contributed by atoms with Gasteiger partial charge in [-0.25, -0.2) is 0 Å². The minimum Gasteiger partial charge on any atom is -0.497 e. The normalized spacial score (nSPS) is 12.6. The van der Waals surface area contributed by atoms with E-state index in [2.05, 4.69) is 25.8 Å². The predicted octanol–water partition coefficient (Wildman–Crippen LogP) is 0.956. The maximum Gasteiger partial charge on any atom is 0.191 e. The molecule has 0 aliphatic heterocycles. The van der Waals surface area contributed by atoms with Gasteiger partial charge in [0.2, 0.25) is 0 Å². The summed E-state index contributed by atoms with van der Waals surface area (Å²) in [7, 11) is 5.26. The molecule has 1 heterocycles. The molecule has 1 unspecified atom stereocenters. The van der Waals surface area contributed by atoms with Crippen LogP contribution in [0.15, 0.2) is 35.6 Å². The van der Waals surface area contributed by atoms with Gasteiger partial charge in [0, 0.05) is 20.2 Å². The van der Waals surface area contributed by atoms with Crippen LogP contribution in [0.25, 0.3) is 0 Å². The summed E-state index contributed by atoms with van der Waals surface area (Å²) in [6.07, 6.45) is 1.63. The van der Waals surface area contributed by atoms with Crippen LogP contribution in [0.1, 0.15) is 12.7 Å². The minimum atomic E-state index is -0.0366. The lowest BCUT2D eigenvalue weighted by Gasteiger charge is -2.18. The van der Waals surface area contributed by atoms with E-state index in [-0.39, 0.29) is 6.10 Å². The molecule has 0 aliphatic rings. The Hall–Kier alpha value is -2.77. The fraction of sp³-hybridized carbons (Fsp3) is 0.438. The third-order valence-electron chi connectivity index (χ3n) is 3.38. The molecule has 130 valence electrons. The smallest absolute Gasteiger partial charge is 0.191 e. The molecular formula is C16H24N6O2. The number of nitrogens with one attached hydrogen (secondary N) is 2. The molecule has 0 bridgehead atoms. The molecule has 24 heavy (non-hydrogen) atoms. The van der Waals surface area contributed by atoms with Gasteiger partial charge in [0.25, 0.3) is 0 Å². The average Bonchev–Trinajstić information content (AvgIpc) is 3.00. The van der Waals surface area contributed by atoms with Crippen molar-refractivity contribution in [3.63, 3.8) is 0 Å². The SMILES string of the molecule is CN=C(NCc1nncn1C)NCC(C)Oc1cccc(OC)c1. The molecule has 0 amide bonds. The van der Waals surface area contributed by atoms with E-state index >= 15 is 0 Å². The van der Waals surface area contributed by atoms with Gasteiger partial charge < -0.3 is 24.7 Å². The van der Waals surface area contributed by atoms with E-state index in [0.29, 0.717) is 19.0 Å². The number of benzene rings is 1. The van der Waals surface area contributed by atoms with E-state index in [9.17, 15) is 0 Å². The summed E-state index contributed by atoms with van der Waals surface area (Å²) in [5.41, 5.74) is 0. The Bertz CT molecular complexity index is 670. The number of ether oxygens (including phenoxy) is 2. The standard InChI is InChI=1S/C16H24N6O2/c1-12(24-14-7-5-6-13(8-14)23-4)9-18-16(17-2)19-10-15-21-20-11-22(15)3/h5-8,11-12H,9-10H2,1-4H3,(H2,17,18,19).